The molecule has 0 amide bonds. The van der Waals surface area contributed by atoms with Gasteiger partial charge in [0.2, 0.25) is 0 Å². The molecule has 110 valence electrons. The molecule has 0 aliphatic carbocycles. The number of benzene rings is 1. The van der Waals surface area contributed by atoms with E-state index in [2.05, 4.69) is 9.80 Å². The van der Waals surface area contributed by atoms with Crippen molar-refractivity contribution >= 4 is 22.9 Å². The maximum Gasteiger partial charge on any atom is 0.135 e. The Bertz CT molecular complexity index is 483. The number of hydrogen-bond acceptors (Lipinski definition) is 4. The lowest BCUT2D eigenvalue weighted by Gasteiger charge is -2.25. The normalized spacial score (nSPS) is 17.0. The van der Waals surface area contributed by atoms with Crippen LogP contribution in [0, 0.1) is 5.82 Å². The summed E-state index contributed by atoms with van der Waals surface area (Å²) in [6.07, 6.45) is 0.966. The van der Waals surface area contributed by atoms with Crippen molar-refractivity contribution in [1.29, 1.82) is 0 Å². The Balaban J connectivity index is 2.20. The molecule has 6 heteroatoms. The third-order valence-electron chi connectivity index (χ3n) is 3.58. The molecular formula is C14H20FN3OS. The molecule has 0 spiro atoms. The predicted octanol–water partition coefficient (Wildman–Crippen LogP) is 0.964. The van der Waals surface area contributed by atoms with Crippen LogP contribution in [0.15, 0.2) is 18.2 Å². The number of nitrogens with two attached hydrogens (primary N) is 1. The largest absolute Gasteiger partial charge is 0.395 e. The first-order valence-electron chi connectivity index (χ1n) is 6.80. The van der Waals surface area contributed by atoms with Gasteiger partial charge in [-0.1, -0.05) is 18.3 Å². The van der Waals surface area contributed by atoms with Gasteiger partial charge in [-0.15, -0.1) is 0 Å². The Morgan fingerprint density at radius 1 is 1.30 bits per heavy atom. The minimum atomic E-state index is -0.369. The summed E-state index contributed by atoms with van der Waals surface area (Å²) in [5.74, 6) is -0.369. The van der Waals surface area contributed by atoms with Gasteiger partial charge < -0.3 is 15.7 Å². The molecule has 1 aliphatic heterocycles. The second-order valence-corrected chi connectivity index (χ2v) is 5.34. The zero-order valence-corrected chi connectivity index (χ0v) is 12.2. The summed E-state index contributed by atoms with van der Waals surface area (Å²) in [6, 6.07) is 4.93. The van der Waals surface area contributed by atoms with Crippen LogP contribution in [-0.4, -0.2) is 54.3 Å². The lowest BCUT2D eigenvalue weighted by Crippen LogP contribution is -2.33. The number of thiocarbonyl (C=S) groups is 1. The second-order valence-electron chi connectivity index (χ2n) is 4.90. The van der Waals surface area contributed by atoms with Crippen molar-refractivity contribution in [2.24, 2.45) is 5.73 Å². The summed E-state index contributed by atoms with van der Waals surface area (Å²) < 4.78 is 13.9. The van der Waals surface area contributed by atoms with Gasteiger partial charge in [0.15, 0.2) is 0 Å². The van der Waals surface area contributed by atoms with Gasteiger partial charge in [0.05, 0.1) is 12.2 Å². The third kappa shape index (κ3) is 3.45. The van der Waals surface area contributed by atoms with Crippen LogP contribution in [-0.2, 0) is 0 Å². The molecule has 4 nitrogen and oxygen atoms in total. The van der Waals surface area contributed by atoms with Crippen molar-refractivity contribution in [3.05, 3.63) is 29.6 Å². The molecule has 0 aromatic heterocycles. The lowest BCUT2D eigenvalue weighted by atomic mass is 10.1. The van der Waals surface area contributed by atoms with Crippen molar-refractivity contribution in [3.8, 4) is 0 Å². The maximum absolute atomic E-state index is 13.9. The molecule has 0 radical (unpaired) electrons. The van der Waals surface area contributed by atoms with E-state index < -0.39 is 0 Å². The molecule has 1 aromatic rings. The van der Waals surface area contributed by atoms with Gasteiger partial charge in [0.25, 0.3) is 0 Å². The third-order valence-corrected chi connectivity index (χ3v) is 3.79. The molecule has 0 bridgehead atoms. The highest BCUT2D eigenvalue weighted by molar-refractivity contribution is 7.80. The fourth-order valence-corrected chi connectivity index (χ4v) is 2.80. The van der Waals surface area contributed by atoms with E-state index >= 15 is 0 Å². The summed E-state index contributed by atoms with van der Waals surface area (Å²) in [6.45, 7) is 4.24. The fourth-order valence-electron chi connectivity index (χ4n) is 2.60. The summed E-state index contributed by atoms with van der Waals surface area (Å²) in [4.78, 5) is 4.42. The van der Waals surface area contributed by atoms with Crippen LogP contribution in [0.25, 0.3) is 0 Å². The van der Waals surface area contributed by atoms with E-state index in [4.69, 9.17) is 23.1 Å². The van der Waals surface area contributed by atoms with Crippen LogP contribution in [0.5, 0.6) is 0 Å². The average molecular weight is 297 g/mol. The number of hydrogen-bond donors (Lipinski definition) is 2. The zero-order chi connectivity index (χ0) is 14.5. The molecule has 1 aliphatic rings. The Morgan fingerprint density at radius 3 is 2.80 bits per heavy atom. The van der Waals surface area contributed by atoms with Gasteiger partial charge in [-0.05, 0) is 25.1 Å². The van der Waals surface area contributed by atoms with E-state index in [-0.39, 0.29) is 17.4 Å². The van der Waals surface area contributed by atoms with Crippen molar-refractivity contribution in [1.82, 2.24) is 4.90 Å². The molecule has 0 saturated carbocycles. The molecule has 1 saturated heterocycles. The average Bonchev–Trinajstić information content (AvgIpc) is 2.64. The number of nitrogens with zero attached hydrogens (tertiary/aromatic N) is 2. The van der Waals surface area contributed by atoms with Gasteiger partial charge >= 0.3 is 0 Å². The molecule has 1 heterocycles. The van der Waals surface area contributed by atoms with Crippen LogP contribution >= 0.6 is 12.2 Å². The van der Waals surface area contributed by atoms with E-state index in [9.17, 15) is 4.39 Å². The fraction of sp³-hybridized carbons (Fsp3) is 0.500. The molecule has 3 N–H and O–H groups in total. The number of rotatable bonds is 4. The monoisotopic (exact) mass is 297 g/mol. The summed E-state index contributed by atoms with van der Waals surface area (Å²) >= 11 is 4.97. The summed E-state index contributed by atoms with van der Waals surface area (Å²) in [7, 11) is 0. The maximum atomic E-state index is 13.9. The Kier molecular flexibility index (Phi) is 5.28. The van der Waals surface area contributed by atoms with Crippen molar-refractivity contribution < 1.29 is 9.50 Å². The Morgan fingerprint density at radius 2 is 2.10 bits per heavy atom. The quantitative estimate of drug-likeness (QED) is 0.811. The van der Waals surface area contributed by atoms with E-state index in [0.29, 0.717) is 12.1 Å². The first kappa shape index (κ1) is 15.2. The number of anilines is 1. The molecule has 1 aromatic carbocycles. The first-order chi connectivity index (χ1) is 9.63. The topological polar surface area (TPSA) is 52.7 Å². The molecular weight excluding hydrogens is 277 g/mol. The van der Waals surface area contributed by atoms with E-state index in [1.165, 1.54) is 6.07 Å². The first-order valence-corrected chi connectivity index (χ1v) is 7.21. The van der Waals surface area contributed by atoms with Crippen LogP contribution < -0.4 is 10.6 Å². The zero-order valence-electron chi connectivity index (χ0n) is 11.4. The summed E-state index contributed by atoms with van der Waals surface area (Å²) in [5.41, 5.74) is 6.76. The highest BCUT2D eigenvalue weighted by Crippen LogP contribution is 2.24. The van der Waals surface area contributed by atoms with Gasteiger partial charge in [-0.25, -0.2) is 4.39 Å². The SMILES string of the molecule is NC(=S)c1c(F)cccc1N1CCCN(CCO)CC1. The number of aliphatic hydroxyl groups excluding tert-OH is 1. The number of aliphatic hydroxyl groups is 1. The Labute approximate surface area is 124 Å². The van der Waals surface area contributed by atoms with E-state index in [1.807, 2.05) is 6.07 Å². The van der Waals surface area contributed by atoms with Crippen LogP contribution in [0.1, 0.15) is 12.0 Å². The summed E-state index contributed by atoms with van der Waals surface area (Å²) in [5, 5.41) is 9.01. The molecule has 0 atom stereocenters. The lowest BCUT2D eigenvalue weighted by molar-refractivity contribution is 0.204. The van der Waals surface area contributed by atoms with Gasteiger partial charge in [-0.2, -0.15) is 0 Å². The highest BCUT2D eigenvalue weighted by atomic mass is 32.1. The smallest absolute Gasteiger partial charge is 0.135 e. The number of halogens is 1. The minimum Gasteiger partial charge on any atom is -0.395 e. The minimum absolute atomic E-state index is 0.0922. The van der Waals surface area contributed by atoms with Crippen LogP contribution in [0.4, 0.5) is 10.1 Å². The Hall–Kier alpha value is -1.24. The molecule has 20 heavy (non-hydrogen) atoms. The van der Waals surface area contributed by atoms with Crippen LogP contribution in [0.3, 0.4) is 0 Å². The van der Waals surface area contributed by atoms with Gasteiger partial charge in [0.1, 0.15) is 10.8 Å². The van der Waals surface area contributed by atoms with Crippen molar-refractivity contribution in [3.63, 3.8) is 0 Å². The van der Waals surface area contributed by atoms with Crippen LogP contribution in [0.2, 0.25) is 0 Å². The second kappa shape index (κ2) is 6.97. The highest BCUT2D eigenvalue weighted by Gasteiger charge is 2.19. The van der Waals surface area contributed by atoms with Gasteiger partial charge in [0, 0.05) is 31.9 Å². The molecule has 2 rings (SSSR count). The van der Waals surface area contributed by atoms with Crippen molar-refractivity contribution in [2.45, 2.75) is 6.42 Å². The standard InChI is InChI=1S/C14H20FN3OS/c15-11-3-1-4-12(13(11)14(16)20)18-6-2-5-17(7-8-18)9-10-19/h1,3-4,19H,2,5-10H2,(H2,16,20). The number of β-amino-alcohol motifs (C(OH)–C–C–N with tert-alkyl or cyclic N) is 1. The predicted molar refractivity (Wildman–Crippen MR) is 82.6 cm³/mol. The van der Waals surface area contributed by atoms with Crippen molar-refractivity contribution in [2.75, 3.05) is 44.2 Å². The molecule has 0 unspecified atom stereocenters. The van der Waals surface area contributed by atoms with E-state index in [0.717, 1.165) is 38.3 Å². The van der Waals surface area contributed by atoms with Gasteiger partial charge in [-0.3, -0.25) is 4.90 Å². The van der Waals surface area contributed by atoms with E-state index in [1.54, 1.807) is 6.07 Å². The molecule has 1 fully saturated rings.